The second-order valence-corrected chi connectivity index (χ2v) is 6.54. The lowest BCUT2D eigenvalue weighted by atomic mass is 9.90. The molecule has 0 unspecified atom stereocenters. The zero-order valence-electron chi connectivity index (χ0n) is 15.1. The van der Waals surface area contributed by atoms with Crippen molar-refractivity contribution in [3.63, 3.8) is 0 Å². The first kappa shape index (κ1) is 20.7. The van der Waals surface area contributed by atoms with Crippen molar-refractivity contribution >= 4 is 23.2 Å². The summed E-state index contributed by atoms with van der Waals surface area (Å²) in [4.78, 5) is 23.7. The topological polar surface area (TPSA) is 43.4 Å². The highest BCUT2D eigenvalue weighted by Gasteiger charge is 2.22. The predicted molar refractivity (Wildman–Crippen MR) is 98.9 cm³/mol. The van der Waals surface area contributed by atoms with Gasteiger partial charge in [-0.3, -0.25) is 9.59 Å². The number of benzene rings is 1. The van der Waals surface area contributed by atoms with Crippen LogP contribution in [0.15, 0.2) is 18.2 Å². The molecule has 1 aromatic rings. The molecular weight excluding hydrogens is 324 g/mol. The minimum atomic E-state index is -0.378. The molecule has 0 aliphatic heterocycles. The molecule has 0 aromatic heterocycles. The molecule has 4 heteroatoms. The molecular formula is C20H29ClO3. The van der Waals surface area contributed by atoms with Crippen LogP contribution in [0.5, 0.6) is 5.75 Å². The molecule has 0 fully saturated rings. The normalized spacial score (nSPS) is 10.9. The SMILES string of the molecule is CCC(=O)C(CCCCCCc1ccc(Cl)cc1OC)C(=O)CC. The second kappa shape index (κ2) is 11.2. The van der Waals surface area contributed by atoms with E-state index in [0.29, 0.717) is 24.3 Å². The second-order valence-electron chi connectivity index (χ2n) is 6.10. The minimum Gasteiger partial charge on any atom is -0.496 e. The van der Waals surface area contributed by atoms with Crippen molar-refractivity contribution in [3.05, 3.63) is 28.8 Å². The molecule has 134 valence electrons. The van der Waals surface area contributed by atoms with E-state index in [9.17, 15) is 9.59 Å². The Morgan fingerprint density at radius 2 is 1.67 bits per heavy atom. The van der Waals surface area contributed by atoms with Crippen LogP contribution in [0.4, 0.5) is 0 Å². The molecule has 0 N–H and O–H groups in total. The summed E-state index contributed by atoms with van der Waals surface area (Å²) in [6.45, 7) is 3.66. The summed E-state index contributed by atoms with van der Waals surface area (Å²) in [5.74, 6) is 0.640. The van der Waals surface area contributed by atoms with Crippen molar-refractivity contribution < 1.29 is 14.3 Å². The third-order valence-corrected chi connectivity index (χ3v) is 4.65. The van der Waals surface area contributed by atoms with E-state index < -0.39 is 0 Å². The molecule has 1 rings (SSSR count). The molecule has 0 spiro atoms. The first-order chi connectivity index (χ1) is 11.5. The number of carbonyl (C=O) groups excluding carboxylic acids is 2. The average Bonchev–Trinajstić information content (AvgIpc) is 2.60. The van der Waals surface area contributed by atoms with E-state index in [1.807, 2.05) is 32.0 Å². The van der Waals surface area contributed by atoms with Crippen LogP contribution in [-0.2, 0) is 16.0 Å². The van der Waals surface area contributed by atoms with Gasteiger partial charge in [-0.15, -0.1) is 0 Å². The quantitative estimate of drug-likeness (QED) is 0.373. The number of Topliss-reactive ketones (excluding diaryl/α,β-unsaturated/α-hetero) is 2. The van der Waals surface area contributed by atoms with Crippen LogP contribution in [0.2, 0.25) is 5.02 Å². The monoisotopic (exact) mass is 352 g/mol. The Morgan fingerprint density at radius 1 is 1.04 bits per heavy atom. The molecule has 0 saturated heterocycles. The lowest BCUT2D eigenvalue weighted by Gasteiger charge is -2.13. The fourth-order valence-electron chi connectivity index (χ4n) is 2.94. The lowest BCUT2D eigenvalue weighted by Crippen LogP contribution is -2.22. The van der Waals surface area contributed by atoms with Crippen LogP contribution < -0.4 is 4.74 Å². The number of carbonyl (C=O) groups is 2. The molecule has 3 nitrogen and oxygen atoms in total. The summed E-state index contributed by atoms with van der Waals surface area (Å²) < 4.78 is 5.35. The first-order valence-electron chi connectivity index (χ1n) is 8.91. The molecule has 24 heavy (non-hydrogen) atoms. The summed E-state index contributed by atoms with van der Waals surface area (Å²) >= 11 is 5.97. The van der Waals surface area contributed by atoms with E-state index in [1.54, 1.807) is 7.11 Å². The molecule has 0 bridgehead atoms. The van der Waals surface area contributed by atoms with Gasteiger partial charge in [-0.05, 0) is 37.0 Å². The Kier molecular flexibility index (Phi) is 9.70. The summed E-state index contributed by atoms with van der Waals surface area (Å²) in [5, 5.41) is 0.683. The average molecular weight is 353 g/mol. The van der Waals surface area contributed by atoms with Gasteiger partial charge in [0.05, 0.1) is 13.0 Å². The van der Waals surface area contributed by atoms with Crippen molar-refractivity contribution in [2.75, 3.05) is 7.11 Å². The van der Waals surface area contributed by atoms with Gasteiger partial charge >= 0.3 is 0 Å². The predicted octanol–water partition coefficient (Wildman–Crippen LogP) is 5.42. The molecule has 0 saturated carbocycles. The fraction of sp³-hybridized carbons (Fsp3) is 0.600. The Bertz CT molecular complexity index is 524. The van der Waals surface area contributed by atoms with Gasteiger partial charge in [0.15, 0.2) is 0 Å². The van der Waals surface area contributed by atoms with Crippen LogP contribution in [0.1, 0.15) is 64.4 Å². The maximum absolute atomic E-state index is 11.9. The summed E-state index contributed by atoms with van der Waals surface area (Å²) in [7, 11) is 1.66. The Hall–Kier alpha value is -1.35. The van der Waals surface area contributed by atoms with E-state index >= 15 is 0 Å². The number of halogens is 1. The highest BCUT2D eigenvalue weighted by Crippen LogP contribution is 2.25. The van der Waals surface area contributed by atoms with Crippen molar-refractivity contribution in [2.24, 2.45) is 5.92 Å². The van der Waals surface area contributed by atoms with Gasteiger partial charge in [0.1, 0.15) is 17.3 Å². The van der Waals surface area contributed by atoms with Crippen LogP contribution in [0, 0.1) is 5.92 Å². The van der Waals surface area contributed by atoms with Gasteiger partial charge in [-0.1, -0.05) is 50.8 Å². The number of ether oxygens (including phenoxy) is 1. The van der Waals surface area contributed by atoms with Crippen LogP contribution in [0.25, 0.3) is 0 Å². The Labute approximate surface area is 150 Å². The molecule has 1 aromatic carbocycles. The third-order valence-electron chi connectivity index (χ3n) is 4.41. The van der Waals surface area contributed by atoms with Gasteiger partial charge in [-0.25, -0.2) is 0 Å². The molecule has 0 heterocycles. The molecule has 0 atom stereocenters. The van der Waals surface area contributed by atoms with Crippen LogP contribution in [-0.4, -0.2) is 18.7 Å². The van der Waals surface area contributed by atoms with Crippen LogP contribution in [0.3, 0.4) is 0 Å². The highest BCUT2D eigenvalue weighted by molar-refractivity contribution is 6.30. The smallest absolute Gasteiger partial charge is 0.143 e. The molecule has 0 aliphatic rings. The van der Waals surface area contributed by atoms with Gasteiger partial charge in [0.25, 0.3) is 0 Å². The van der Waals surface area contributed by atoms with Crippen LogP contribution >= 0.6 is 11.6 Å². The summed E-state index contributed by atoms with van der Waals surface area (Å²) in [5.41, 5.74) is 1.17. The summed E-state index contributed by atoms with van der Waals surface area (Å²) in [6.07, 6.45) is 6.67. The maximum atomic E-state index is 11.9. The first-order valence-corrected chi connectivity index (χ1v) is 9.29. The fourth-order valence-corrected chi connectivity index (χ4v) is 3.10. The van der Waals surface area contributed by atoms with Crippen molar-refractivity contribution in [2.45, 2.75) is 65.2 Å². The van der Waals surface area contributed by atoms with Crippen molar-refractivity contribution in [3.8, 4) is 5.75 Å². The van der Waals surface area contributed by atoms with E-state index in [4.69, 9.17) is 16.3 Å². The summed E-state index contributed by atoms with van der Waals surface area (Å²) in [6, 6.07) is 5.74. The number of hydrogen-bond donors (Lipinski definition) is 0. The Balaban J connectivity index is 2.33. The number of methoxy groups -OCH3 is 1. The van der Waals surface area contributed by atoms with Gasteiger partial charge in [-0.2, -0.15) is 0 Å². The van der Waals surface area contributed by atoms with E-state index in [2.05, 4.69) is 0 Å². The van der Waals surface area contributed by atoms with Gasteiger partial charge in [0.2, 0.25) is 0 Å². The van der Waals surface area contributed by atoms with Gasteiger partial charge in [0, 0.05) is 17.9 Å². The number of rotatable bonds is 12. The third kappa shape index (κ3) is 6.64. The Morgan fingerprint density at radius 3 is 2.25 bits per heavy atom. The lowest BCUT2D eigenvalue weighted by molar-refractivity contribution is -0.132. The van der Waals surface area contributed by atoms with E-state index in [0.717, 1.165) is 37.9 Å². The number of hydrogen-bond acceptors (Lipinski definition) is 3. The number of ketones is 2. The van der Waals surface area contributed by atoms with Crippen molar-refractivity contribution in [1.82, 2.24) is 0 Å². The number of unbranched alkanes of at least 4 members (excludes halogenated alkanes) is 3. The number of aryl methyl sites for hydroxylation is 1. The maximum Gasteiger partial charge on any atom is 0.143 e. The highest BCUT2D eigenvalue weighted by atomic mass is 35.5. The van der Waals surface area contributed by atoms with E-state index in [1.165, 1.54) is 5.56 Å². The van der Waals surface area contributed by atoms with E-state index in [-0.39, 0.29) is 17.5 Å². The molecule has 0 amide bonds. The molecule has 0 aliphatic carbocycles. The minimum absolute atomic E-state index is 0.0905. The largest absolute Gasteiger partial charge is 0.496 e. The van der Waals surface area contributed by atoms with Gasteiger partial charge < -0.3 is 4.74 Å². The zero-order valence-corrected chi connectivity index (χ0v) is 15.8. The zero-order chi connectivity index (χ0) is 17.9. The molecule has 0 radical (unpaired) electrons. The van der Waals surface area contributed by atoms with Crippen molar-refractivity contribution in [1.29, 1.82) is 0 Å². The standard InChI is InChI=1S/C20H29ClO3/c1-4-18(22)17(19(23)5-2)11-9-7-6-8-10-15-12-13-16(21)14-20(15)24-3/h12-14,17H,4-11H2,1-3H3.